The Bertz CT molecular complexity index is 236. The minimum absolute atomic E-state index is 0.196. The second-order valence-electron chi connectivity index (χ2n) is 4.48. The predicted octanol–water partition coefficient (Wildman–Crippen LogP) is -0.178. The number of carboxylic acids is 1. The van der Waals surface area contributed by atoms with Gasteiger partial charge < -0.3 is 20.9 Å². The number of hydrogen-bond acceptors (Lipinski definition) is 4. The van der Waals surface area contributed by atoms with E-state index in [1.54, 1.807) is 0 Å². The van der Waals surface area contributed by atoms with Crippen LogP contribution in [0.1, 0.15) is 32.1 Å². The van der Waals surface area contributed by atoms with E-state index in [0.29, 0.717) is 25.6 Å². The molecule has 15 heavy (non-hydrogen) atoms. The summed E-state index contributed by atoms with van der Waals surface area (Å²) < 4.78 is 0. The molecule has 86 valence electrons. The topological polar surface area (TPSA) is 104 Å². The molecule has 1 aliphatic rings. The van der Waals surface area contributed by atoms with Crippen LogP contribution in [0.3, 0.4) is 0 Å². The second kappa shape index (κ2) is 4.96. The standard InChI is InChI=1S/C9H18BNO4/c11-9(8(12)13)4-1-2-7(6-9)3-5-10(14)15/h7,14-15H,1-6,11H2,(H,12,13)/t7?,9-/m1/s1. The van der Waals surface area contributed by atoms with Crippen LogP contribution in [0.2, 0.25) is 6.32 Å². The highest BCUT2D eigenvalue weighted by atomic mass is 16.4. The van der Waals surface area contributed by atoms with E-state index < -0.39 is 18.6 Å². The van der Waals surface area contributed by atoms with Crippen LogP contribution in [0.15, 0.2) is 0 Å². The lowest BCUT2D eigenvalue weighted by Crippen LogP contribution is -2.51. The molecule has 0 aromatic heterocycles. The van der Waals surface area contributed by atoms with Crippen molar-refractivity contribution in [2.45, 2.75) is 44.0 Å². The predicted molar refractivity (Wildman–Crippen MR) is 56.1 cm³/mol. The van der Waals surface area contributed by atoms with Crippen LogP contribution >= 0.6 is 0 Å². The molecular formula is C9H18BNO4. The molecule has 0 bridgehead atoms. The van der Waals surface area contributed by atoms with E-state index in [1.807, 2.05) is 0 Å². The number of aliphatic carboxylic acids is 1. The van der Waals surface area contributed by atoms with Gasteiger partial charge in [0.15, 0.2) is 0 Å². The van der Waals surface area contributed by atoms with Crippen molar-refractivity contribution in [3.05, 3.63) is 0 Å². The van der Waals surface area contributed by atoms with Gasteiger partial charge in [0, 0.05) is 0 Å². The van der Waals surface area contributed by atoms with Crippen LogP contribution in [0, 0.1) is 5.92 Å². The first-order valence-corrected chi connectivity index (χ1v) is 5.32. The summed E-state index contributed by atoms with van der Waals surface area (Å²) >= 11 is 0. The van der Waals surface area contributed by atoms with Gasteiger partial charge in [-0.1, -0.05) is 19.3 Å². The van der Waals surface area contributed by atoms with E-state index >= 15 is 0 Å². The third kappa shape index (κ3) is 3.48. The Hall–Kier alpha value is -0.585. The van der Waals surface area contributed by atoms with Crippen molar-refractivity contribution in [3.63, 3.8) is 0 Å². The Morgan fingerprint density at radius 3 is 2.73 bits per heavy atom. The highest BCUT2D eigenvalue weighted by molar-refractivity contribution is 6.40. The average Bonchev–Trinajstić information content (AvgIpc) is 2.15. The quantitative estimate of drug-likeness (QED) is 0.487. The summed E-state index contributed by atoms with van der Waals surface area (Å²) in [6.07, 6.45) is 3.60. The lowest BCUT2D eigenvalue weighted by molar-refractivity contribution is -0.145. The van der Waals surface area contributed by atoms with Crippen LogP contribution in [0.5, 0.6) is 0 Å². The van der Waals surface area contributed by atoms with E-state index in [4.69, 9.17) is 20.9 Å². The van der Waals surface area contributed by atoms with E-state index in [-0.39, 0.29) is 5.92 Å². The van der Waals surface area contributed by atoms with Gasteiger partial charge in [0.1, 0.15) is 5.54 Å². The smallest absolute Gasteiger partial charge is 0.451 e. The number of hydrogen-bond donors (Lipinski definition) is 4. The van der Waals surface area contributed by atoms with Crippen LogP contribution in [0.25, 0.3) is 0 Å². The normalized spacial score (nSPS) is 31.3. The van der Waals surface area contributed by atoms with Crippen LogP contribution < -0.4 is 5.73 Å². The van der Waals surface area contributed by atoms with Gasteiger partial charge in [0.2, 0.25) is 0 Å². The molecule has 1 aliphatic carbocycles. The molecule has 6 heteroatoms. The molecule has 2 atom stereocenters. The van der Waals surface area contributed by atoms with E-state index in [1.165, 1.54) is 0 Å². The summed E-state index contributed by atoms with van der Waals surface area (Å²) in [5.74, 6) is -0.751. The molecule has 1 rings (SSSR count). The third-order valence-electron chi connectivity index (χ3n) is 3.15. The lowest BCUT2D eigenvalue weighted by Gasteiger charge is -2.34. The number of carboxylic acid groups (broad SMARTS) is 1. The summed E-state index contributed by atoms with van der Waals surface area (Å²) in [6.45, 7) is 0. The van der Waals surface area contributed by atoms with Gasteiger partial charge in [-0.05, 0) is 25.1 Å². The maximum atomic E-state index is 10.9. The zero-order valence-corrected chi connectivity index (χ0v) is 8.72. The molecule has 0 amide bonds. The Morgan fingerprint density at radius 1 is 1.53 bits per heavy atom. The molecule has 1 unspecified atom stereocenters. The fourth-order valence-corrected chi connectivity index (χ4v) is 2.25. The van der Waals surface area contributed by atoms with Crippen LogP contribution in [-0.4, -0.2) is 33.8 Å². The second-order valence-corrected chi connectivity index (χ2v) is 4.48. The maximum Gasteiger partial charge on any atom is 0.451 e. The van der Waals surface area contributed by atoms with Gasteiger partial charge in [-0.3, -0.25) is 4.79 Å². The molecule has 0 aromatic rings. The van der Waals surface area contributed by atoms with E-state index in [9.17, 15) is 4.79 Å². The highest BCUT2D eigenvalue weighted by Gasteiger charge is 2.39. The van der Waals surface area contributed by atoms with Crippen LogP contribution in [-0.2, 0) is 4.79 Å². The van der Waals surface area contributed by atoms with Crippen molar-refractivity contribution in [3.8, 4) is 0 Å². The molecule has 0 aliphatic heterocycles. The van der Waals surface area contributed by atoms with Gasteiger partial charge in [-0.2, -0.15) is 0 Å². The molecule has 0 saturated heterocycles. The molecule has 5 N–H and O–H groups in total. The summed E-state index contributed by atoms with van der Waals surface area (Å²) in [4.78, 5) is 10.9. The summed E-state index contributed by atoms with van der Waals surface area (Å²) in [7, 11) is -1.30. The van der Waals surface area contributed by atoms with Gasteiger partial charge in [-0.15, -0.1) is 0 Å². The van der Waals surface area contributed by atoms with Crippen molar-refractivity contribution >= 4 is 13.1 Å². The zero-order valence-electron chi connectivity index (χ0n) is 8.72. The number of nitrogens with two attached hydrogens (primary N) is 1. The summed E-state index contributed by atoms with van der Waals surface area (Å²) in [5, 5.41) is 26.4. The lowest BCUT2D eigenvalue weighted by atomic mass is 9.71. The number of rotatable bonds is 4. The van der Waals surface area contributed by atoms with Gasteiger partial charge in [-0.25, -0.2) is 0 Å². The van der Waals surface area contributed by atoms with E-state index in [0.717, 1.165) is 12.8 Å². The maximum absolute atomic E-state index is 10.9. The largest absolute Gasteiger partial charge is 0.480 e. The minimum atomic E-state index is -1.30. The molecule has 1 fully saturated rings. The van der Waals surface area contributed by atoms with Crippen molar-refractivity contribution in [1.29, 1.82) is 0 Å². The van der Waals surface area contributed by atoms with Crippen molar-refractivity contribution in [2.75, 3.05) is 0 Å². The monoisotopic (exact) mass is 215 g/mol. The summed E-state index contributed by atoms with van der Waals surface area (Å²) in [6, 6.07) is 0. The zero-order chi connectivity index (χ0) is 11.5. The Morgan fingerprint density at radius 2 is 2.20 bits per heavy atom. The molecule has 1 saturated carbocycles. The molecule has 0 heterocycles. The highest BCUT2D eigenvalue weighted by Crippen LogP contribution is 2.33. The Kier molecular flexibility index (Phi) is 4.13. The first-order chi connectivity index (χ1) is 6.94. The summed E-state index contributed by atoms with van der Waals surface area (Å²) in [5.41, 5.74) is 4.67. The molecular weight excluding hydrogens is 197 g/mol. The van der Waals surface area contributed by atoms with E-state index in [2.05, 4.69) is 0 Å². The van der Waals surface area contributed by atoms with Gasteiger partial charge in [0.25, 0.3) is 0 Å². The third-order valence-corrected chi connectivity index (χ3v) is 3.15. The fourth-order valence-electron chi connectivity index (χ4n) is 2.25. The Balaban J connectivity index is 2.45. The molecule has 5 nitrogen and oxygen atoms in total. The molecule has 0 aromatic carbocycles. The fraction of sp³-hybridized carbons (Fsp3) is 0.889. The van der Waals surface area contributed by atoms with Crippen LogP contribution in [0.4, 0.5) is 0 Å². The molecule has 0 spiro atoms. The first-order valence-electron chi connectivity index (χ1n) is 5.32. The van der Waals surface area contributed by atoms with Crippen molar-refractivity contribution < 1.29 is 19.9 Å². The van der Waals surface area contributed by atoms with Gasteiger partial charge >= 0.3 is 13.1 Å². The van der Waals surface area contributed by atoms with Gasteiger partial charge in [0.05, 0.1) is 0 Å². The first kappa shape index (κ1) is 12.5. The Labute approximate surface area is 89.4 Å². The molecule has 0 radical (unpaired) electrons. The SMILES string of the molecule is N[C@]1(C(=O)O)CCCC(CCB(O)O)C1. The number of carbonyl (C=O) groups is 1. The average molecular weight is 215 g/mol. The van der Waals surface area contributed by atoms with Crippen molar-refractivity contribution in [2.24, 2.45) is 11.7 Å². The van der Waals surface area contributed by atoms with Crippen molar-refractivity contribution in [1.82, 2.24) is 0 Å². The minimum Gasteiger partial charge on any atom is -0.480 e.